The minimum absolute atomic E-state index is 0.159. The second-order valence-corrected chi connectivity index (χ2v) is 10.2. The van der Waals surface area contributed by atoms with Crippen molar-refractivity contribution in [3.05, 3.63) is 113 Å². The van der Waals surface area contributed by atoms with Crippen LogP contribution in [0.15, 0.2) is 90.2 Å². The van der Waals surface area contributed by atoms with Crippen LogP contribution in [0, 0.1) is 5.82 Å². The molecule has 5 aromatic rings. The highest BCUT2D eigenvalue weighted by molar-refractivity contribution is 5.75. The van der Waals surface area contributed by atoms with Gasteiger partial charge in [-0.25, -0.2) is 14.1 Å². The van der Waals surface area contributed by atoms with Crippen LogP contribution < -0.4 is 10.3 Å². The monoisotopic (exact) mass is 540 g/mol. The van der Waals surface area contributed by atoms with Gasteiger partial charge < -0.3 is 9.84 Å². The van der Waals surface area contributed by atoms with Crippen molar-refractivity contribution in [2.75, 3.05) is 13.1 Å². The molecule has 0 spiro atoms. The number of pyridine rings is 1. The molecule has 3 aromatic heterocycles. The summed E-state index contributed by atoms with van der Waals surface area (Å²) in [6.45, 7) is 2.58. The second kappa shape index (κ2) is 11.0. The fraction of sp³-hybridized carbons (Fsp3) is 0.267. The van der Waals surface area contributed by atoms with Crippen molar-refractivity contribution in [1.82, 2.24) is 29.2 Å². The van der Waals surface area contributed by atoms with E-state index >= 15 is 0 Å². The molecule has 9 nitrogen and oxygen atoms in total. The van der Waals surface area contributed by atoms with Gasteiger partial charge in [0.2, 0.25) is 0 Å². The van der Waals surface area contributed by atoms with Crippen molar-refractivity contribution in [2.24, 2.45) is 0 Å². The summed E-state index contributed by atoms with van der Waals surface area (Å²) in [5.74, 6) is 0.441. The first kappa shape index (κ1) is 25.8. The maximum atomic E-state index is 13.3. The van der Waals surface area contributed by atoms with Crippen LogP contribution in [0.4, 0.5) is 4.39 Å². The number of nitrogens with zero attached hydrogens (tertiary/aromatic N) is 6. The highest BCUT2D eigenvalue weighted by Gasteiger charge is 2.33. The summed E-state index contributed by atoms with van der Waals surface area (Å²) in [5.41, 5.74) is 1.81. The molecule has 1 N–H and O–H groups in total. The van der Waals surface area contributed by atoms with Crippen LogP contribution >= 0.6 is 0 Å². The minimum Gasteiger partial charge on any atom is -0.487 e. The Morgan fingerprint density at radius 3 is 2.48 bits per heavy atom. The van der Waals surface area contributed by atoms with Gasteiger partial charge in [-0.1, -0.05) is 18.2 Å². The molecular formula is C30H29FN6O3. The molecule has 0 atom stereocenters. The Bertz CT molecular complexity index is 1640. The lowest BCUT2D eigenvalue weighted by Gasteiger charge is -2.38. The fourth-order valence-electron chi connectivity index (χ4n) is 5.03. The van der Waals surface area contributed by atoms with Gasteiger partial charge in [-0.15, -0.1) is 0 Å². The standard InChI is InChI=1S/C30H29FN6O3/c31-23-6-4-22(5-7-23)18-35-15-12-30(39,13-16-35)20-36-21-33-28-27(29(36)38)17-34-37(28)25-8-10-26(11-9-25)40-19-24-3-1-2-14-32-24/h1-11,14,17,21,39H,12-13,15-16,18-20H2. The number of piperidine rings is 1. The first-order chi connectivity index (χ1) is 19.5. The quantitative estimate of drug-likeness (QED) is 0.320. The number of hydrogen-bond acceptors (Lipinski definition) is 7. The largest absolute Gasteiger partial charge is 0.487 e. The minimum atomic E-state index is -1.01. The van der Waals surface area contributed by atoms with E-state index in [1.807, 2.05) is 42.5 Å². The van der Waals surface area contributed by atoms with Crippen LogP contribution in [0.25, 0.3) is 16.7 Å². The summed E-state index contributed by atoms with van der Waals surface area (Å²) < 4.78 is 22.1. The number of aromatic nitrogens is 5. The van der Waals surface area contributed by atoms with Crippen LogP contribution in [0.2, 0.25) is 0 Å². The van der Waals surface area contributed by atoms with Gasteiger partial charge in [0.15, 0.2) is 5.65 Å². The predicted octanol–water partition coefficient (Wildman–Crippen LogP) is 3.72. The predicted molar refractivity (Wildman–Crippen MR) is 148 cm³/mol. The van der Waals surface area contributed by atoms with E-state index in [1.54, 1.807) is 23.0 Å². The first-order valence-corrected chi connectivity index (χ1v) is 13.2. The second-order valence-electron chi connectivity index (χ2n) is 10.2. The summed E-state index contributed by atoms with van der Waals surface area (Å²) in [6.07, 6.45) is 5.77. The first-order valence-electron chi connectivity index (χ1n) is 13.2. The lowest BCUT2D eigenvalue weighted by Crippen LogP contribution is -2.47. The number of aliphatic hydroxyl groups is 1. The van der Waals surface area contributed by atoms with E-state index in [0.29, 0.717) is 55.9 Å². The zero-order chi connectivity index (χ0) is 27.5. The lowest BCUT2D eigenvalue weighted by molar-refractivity contribution is -0.0364. The van der Waals surface area contributed by atoms with Gasteiger partial charge in [-0.2, -0.15) is 5.10 Å². The van der Waals surface area contributed by atoms with Gasteiger partial charge >= 0.3 is 0 Å². The Kier molecular flexibility index (Phi) is 7.10. The maximum absolute atomic E-state index is 13.3. The smallest absolute Gasteiger partial charge is 0.264 e. The summed E-state index contributed by atoms with van der Waals surface area (Å²) in [4.78, 5) is 24.3. The van der Waals surface area contributed by atoms with Crippen molar-refractivity contribution < 1.29 is 14.2 Å². The zero-order valence-electron chi connectivity index (χ0n) is 21.9. The number of halogens is 1. The Balaban J connectivity index is 1.11. The third-order valence-electron chi connectivity index (χ3n) is 7.32. The molecule has 6 rings (SSSR count). The van der Waals surface area contributed by atoms with Crippen molar-refractivity contribution in [3.8, 4) is 11.4 Å². The summed E-state index contributed by atoms with van der Waals surface area (Å²) in [7, 11) is 0. The average molecular weight is 541 g/mol. The molecule has 2 aromatic carbocycles. The van der Waals surface area contributed by atoms with E-state index in [4.69, 9.17) is 4.74 Å². The number of ether oxygens (including phenoxy) is 1. The van der Waals surface area contributed by atoms with Gasteiger partial charge in [0.25, 0.3) is 5.56 Å². The molecule has 1 fully saturated rings. The highest BCUT2D eigenvalue weighted by Crippen LogP contribution is 2.25. The molecule has 1 aliphatic rings. The average Bonchev–Trinajstić information content (AvgIpc) is 3.42. The van der Waals surface area contributed by atoms with Gasteiger partial charge in [0, 0.05) is 25.8 Å². The number of likely N-dealkylation sites (tertiary alicyclic amines) is 1. The van der Waals surface area contributed by atoms with Crippen LogP contribution in [0.5, 0.6) is 5.75 Å². The van der Waals surface area contributed by atoms with Gasteiger partial charge in [-0.3, -0.25) is 19.2 Å². The molecule has 0 aliphatic carbocycles. The molecule has 0 bridgehead atoms. The highest BCUT2D eigenvalue weighted by atomic mass is 19.1. The maximum Gasteiger partial charge on any atom is 0.264 e. The Morgan fingerprint density at radius 1 is 0.975 bits per heavy atom. The van der Waals surface area contributed by atoms with Crippen molar-refractivity contribution in [3.63, 3.8) is 0 Å². The van der Waals surface area contributed by atoms with Crippen LogP contribution in [-0.2, 0) is 19.7 Å². The zero-order valence-corrected chi connectivity index (χ0v) is 21.9. The van der Waals surface area contributed by atoms with Crippen molar-refractivity contribution in [1.29, 1.82) is 0 Å². The SMILES string of the molecule is O=c1c2cnn(-c3ccc(OCc4ccccn4)cc3)c2ncn1CC1(O)CCN(Cc2ccc(F)cc2)CC1. The molecule has 0 radical (unpaired) electrons. The van der Waals surface area contributed by atoms with E-state index < -0.39 is 5.60 Å². The summed E-state index contributed by atoms with van der Waals surface area (Å²) >= 11 is 0. The topological polar surface area (TPSA) is 98.3 Å². The number of rotatable bonds is 8. The van der Waals surface area contributed by atoms with Crippen LogP contribution in [0.3, 0.4) is 0 Å². The van der Waals surface area contributed by atoms with Crippen molar-refractivity contribution >= 4 is 11.0 Å². The van der Waals surface area contributed by atoms with E-state index in [2.05, 4.69) is 20.0 Å². The molecule has 0 unspecified atom stereocenters. The van der Waals surface area contributed by atoms with E-state index in [0.717, 1.165) is 16.9 Å². The Labute approximate surface area is 230 Å². The molecule has 40 heavy (non-hydrogen) atoms. The third kappa shape index (κ3) is 5.63. The fourth-order valence-corrected chi connectivity index (χ4v) is 5.03. The van der Waals surface area contributed by atoms with Crippen LogP contribution in [0.1, 0.15) is 24.1 Å². The Hall–Kier alpha value is -4.41. The van der Waals surface area contributed by atoms with Gasteiger partial charge in [0.1, 0.15) is 29.9 Å². The molecule has 0 amide bonds. The number of benzene rings is 2. The molecule has 204 valence electrons. The number of hydrogen-bond donors (Lipinski definition) is 1. The number of fused-ring (bicyclic) bond motifs is 1. The summed E-state index contributed by atoms with van der Waals surface area (Å²) in [6, 6.07) is 19.6. The van der Waals surface area contributed by atoms with E-state index in [1.165, 1.54) is 29.2 Å². The lowest BCUT2D eigenvalue weighted by atomic mass is 9.91. The molecule has 10 heteroatoms. The molecule has 0 saturated carbocycles. The molecule has 1 saturated heterocycles. The van der Waals surface area contributed by atoms with Gasteiger partial charge in [-0.05, 0) is 66.9 Å². The normalized spacial score (nSPS) is 15.3. The Morgan fingerprint density at radius 2 is 1.75 bits per heavy atom. The van der Waals surface area contributed by atoms with E-state index in [-0.39, 0.29) is 17.9 Å². The van der Waals surface area contributed by atoms with E-state index in [9.17, 15) is 14.3 Å². The molecule has 1 aliphatic heterocycles. The van der Waals surface area contributed by atoms with Crippen molar-refractivity contribution in [2.45, 2.75) is 38.1 Å². The molecular weight excluding hydrogens is 511 g/mol. The van der Waals surface area contributed by atoms with Crippen LogP contribution in [-0.4, -0.2) is 53.0 Å². The molecule has 4 heterocycles. The third-order valence-corrected chi connectivity index (χ3v) is 7.32. The summed E-state index contributed by atoms with van der Waals surface area (Å²) in [5, 5.41) is 16.1. The van der Waals surface area contributed by atoms with Gasteiger partial charge in [0.05, 0.1) is 29.7 Å².